The topological polar surface area (TPSA) is 93.0 Å². The molecule has 1 N–H and O–H groups in total. The lowest BCUT2D eigenvalue weighted by atomic mass is 10.0. The van der Waals surface area contributed by atoms with Gasteiger partial charge in [-0.3, -0.25) is 19.1 Å². The van der Waals surface area contributed by atoms with Gasteiger partial charge in [-0.1, -0.05) is 57.5 Å². The van der Waals surface area contributed by atoms with Gasteiger partial charge in [-0.2, -0.15) is 0 Å². The van der Waals surface area contributed by atoms with Gasteiger partial charge in [-0.15, -0.1) is 0 Å². The molecule has 0 bridgehead atoms. The number of nitrogens with one attached hydrogen (secondary N) is 1. The van der Waals surface area contributed by atoms with Crippen LogP contribution < -0.4 is 11.2 Å². The molecule has 0 spiro atoms. The zero-order valence-corrected chi connectivity index (χ0v) is 21.8. The molecule has 1 saturated heterocycles. The summed E-state index contributed by atoms with van der Waals surface area (Å²) < 4.78 is 3.49. The highest BCUT2D eigenvalue weighted by atomic mass is 16.2. The van der Waals surface area contributed by atoms with Gasteiger partial charge in [0.05, 0.1) is 0 Å². The lowest BCUT2D eigenvalue weighted by Crippen LogP contribution is -2.36. The van der Waals surface area contributed by atoms with Crippen LogP contribution in [0.1, 0.15) is 70.7 Å². The van der Waals surface area contributed by atoms with Gasteiger partial charge >= 0.3 is 5.69 Å². The van der Waals surface area contributed by atoms with E-state index >= 15 is 0 Å². The van der Waals surface area contributed by atoms with E-state index in [1.54, 1.807) is 4.57 Å². The first-order valence-electron chi connectivity index (χ1n) is 13.4. The summed E-state index contributed by atoms with van der Waals surface area (Å²) in [5, 5.41) is 0. The second-order valence-corrected chi connectivity index (χ2v) is 10.4. The fraction of sp³-hybridized carbons (Fsp3) is 0.571. The smallest absolute Gasteiger partial charge is 0.330 e. The molecule has 8 nitrogen and oxygen atoms in total. The number of hydrogen-bond acceptors (Lipinski definition) is 4. The van der Waals surface area contributed by atoms with Crippen molar-refractivity contribution in [1.82, 2.24) is 24.0 Å². The molecule has 1 aliphatic heterocycles. The largest absolute Gasteiger partial charge is 0.340 e. The molecular formula is C28H39N5O3. The average Bonchev–Trinajstić information content (AvgIpc) is 3.46. The number of unbranched alkanes of at least 4 members (excludes halogenated alkanes) is 1. The lowest BCUT2D eigenvalue weighted by Gasteiger charge is -2.25. The number of aromatic nitrogens is 4. The fourth-order valence-corrected chi connectivity index (χ4v) is 5.30. The predicted octanol–water partition coefficient (Wildman–Crippen LogP) is 3.90. The minimum Gasteiger partial charge on any atom is -0.340 e. The molecule has 4 rings (SSSR count). The van der Waals surface area contributed by atoms with Crippen molar-refractivity contribution in [3.8, 4) is 0 Å². The zero-order valence-electron chi connectivity index (χ0n) is 21.8. The van der Waals surface area contributed by atoms with Crippen LogP contribution in [0.2, 0.25) is 0 Å². The summed E-state index contributed by atoms with van der Waals surface area (Å²) in [7, 11) is 0. The highest BCUT2D eigenvalue weighted by Crippen LogP contribution is 2.24. The summed E-state index contributed by atoms with van der Waals surface area (Å²) in [6, 6.07) is 10.7. The molecule has 0 saturated carbocycles. The molecule has 1 unspecified atom stereocenters. The van der Waals surface area contributed by atoms with Crippen LogP contribution in [-0.4, -0.2) is 42.5 Å². The van der Waals surface area contributed by atoms with Crippen molar-refractivity contribution in [1.29, 1.82) is 0 Å². The first-order chi connectivity index (χ1) is 17.4. The maximum atomic E-state index is 13.3. The molecule has 1 aromatic carbocycles. The Morgan fingerprint density at radius 2 is 1.92 bits per heavy atom. The Morgan fingerprint density at radius 1 is 1.14 bits per heavy atom. The molecule has 2 aromatic heterocycles. The third kappa shape index (κ3) is 5.79. The molecule has 36 heavy (non-hydrogen) atoms. The molecule has 1 aliphatic rings. The standard InChI is InChI=1S/C28H39N5O3/c1-4-5-17-32-26-25(27(35)30-28(32)36)33(19-20(2)3)23(29-26)15-16-24(34)31-18-9-12-22(31)14-13-21-10-7-6-8-11-21/h6-8,10-11,20,22H,4-5,9,12-19H2,1-3H3,(H,30,35,36). The van der Waals surface area contributed by atoms with Crippen molar-refractivity contribution in [2.45, 2.75) is 91.3 Å². The first-order valence-corrected chi connectivity index (χ1v) is 13.4. The van der Waals surface area contributed by atoms with Gasteiger partial charge in [0.1, 0.15) is 5.82 Å². The molecule has 1 atom stereocenters. The Kier molecular flexibility index (Phi) is 8.44. The van der Waals surface area contributed by atoms with Crippen LogP contribution in [0.3, 0.4) is 0 Å². The number of aryl methyl sites for hydroxylation is 3. The van der Waals surface area contributed by atoms with Crippen LogP contribution in [-0.2, 0) is 30.7 Å². The summed E-state index contributed by atoms with van der Waals surface area (Å²) >= 11 is 0. The molecule has 1 fully saturated rings. The average molecular weight is 494 g/mol. The lowest BCUT2D eigenvalue weighted by molar-refractivity contribution is -0.132. The molecule has 8 heteroatoms. The number of hydrogen-bond donors (Lipinski definition) is 1. The Balaban J connectivity index is 1.53. The maximum absolute atomic E-state index is 13.3. The van der Waals surface area contributed by atoms with Gasteiger partial charge in [0.15, 0.2) is 11.2 Å². The SMILES string of the molecule is CCCCn1c(=O)[nH]c(=O)c2c1nc(CCC(=O)N1CCCC1CCc1ccccc1)n2CC(C)C. The number of amides is 1. The van der Waals surface area contributed by atoms with E-state index < -0.39 is 11.2 Å². The molecule has 3 heterocycles. The highest BCUT2D eigenvalue weighted by Gasteiger charge is 2.29. The third-order valence-electron chi connectivity index (χ3n) is 7.12. The van der Waals surface area contributed by atoms with Gasteiger partial charge < -0.3 is 9.47 Å². The van der Waals surface area contributed by atoms with E-state index in [4.69, 9.17) is 4.98 Å². The van der Waals surface area contributed by atoms with Gasteiger partial charge in [0, 0.05) is 38.5 Å². The highest BCUT2D eigenvalue weighted by molar-refractivity contribution is 5.77. The van der Waals surface area contributed by atoms with E-state index in [0.717, 1.165) is 45.1 Å². The number of benzene rings is 1. The van der Waals surface area contributed by atoms with Crippen molar-refractivity contribution in [3.05, 3.63) is 62.6 Å². The van der Waals surface area contributed by atoms with E-state index in [0.29, 0.717) is 42.9 Å². The van der Waals surface area contributed by atoms with E-state index in [-0.39, 0.29) is 17.9 Å². The van der Waals surface area contributed by atoms with E-state index in [9.17, 15) is 14.4 Å². The molecule has 3 aromatic rings. The molecule has 194 valence electrons. The molecule has 1 amide bonds. The Hall–Kier alpha value is -3.16. The van der Waals surface area contributed by atoms with Crippen molar-refractivity contribution >= 4 is 17.1 Å². The first kappa shape index (κ1) is 25.9. The monoisotopic (exact) mass is 493 g/mol. The quantitative estimate of drug-likeness (QED) is 0.438. The summed E-state index contributed by atoms with van der Waals surface area (Å²) in [6.45, 7) is 8.16. The van der Waals surface area contributed by atoms with Gasteiger partial charge in [0.25, 0.3) is 5.56 Å². The van der Waals surface area contributed by atoms with Crippen LogP contribution >= 0.6 is 0 Å². The predicted molar refractivity (Wildman–Crippen MR) is 142 cm³/mol. The van der Waals surface area contributed by atoms with E-state index in [2.05, 4.69) is 50.0 Å². The third-order valence-corrected chi connectivity index (χ3v) is 7.12. The number of imidazole rings is 1. The number of carbonyl (C=O) groups excluding carboxylic acids is 1. The van der Waals surface area contributed by atoms with Crippen LogP contribution in [0.5, 0.6) is 0 Å². The van der Waals surface area contributed by atoms with Crippen LogP contribution in [0.4, 0.5) is 0 Å². The number of rotatable bonds is 11. The minimum absolute atomic E-state index is 0.144. The summed E-state index contributed by atoms with van der Waals surface area (Å²) in [6.07, 6.45) is 6.58. The molecule has 0 radical (unpaired) electrons. The summed E-state index contributed by atoms with van der Waals surface area (Å²) in [5.41, 5.74) is 1.34. The van der Waals surface area contributed by atoms with Crippen LogP contribution in [0.15, 0.2) is 39.9 Å². The molecular weight excluding hydrogens is 454 g/mol. The van der Waals surface area contributed by atoms with Crippen molar-refractivity contribution in [2.24, 2.45) is 5.92 Å². The van der Waals surface area contributed by atoms with E-state index in [1.165, 1.54) is 5.56 Å². The minimum atomic E-state index is -0.420. The second-order valence-electron chi connectivity index (χ2n) is 10.4. The fourth-order valence-electron chi connectivity index (χ4n) is 5.30. The zero-order chi connectivity index (χ0) is 25.7. The normalized spacial score (nSPS) is 15.9. The summed E-state index contributed by atoms with van der Waals surface area (Å²) in [4.78, 5) is 47.9. The number of fused-ring (bicyclic) bond motifs is 1. The number of likely N-dealkylation sites (tertiary alicyclic amines) is 1. The van der Waals surface area contributed by atoms with Crippen molar-refractivity contribution in [2.75, 3.05) is 6.54 Å². The number of nitrogens with zero attached hydrogens (tertiary/aromatic N) is 4. The van der Waals surface area contributed by atoms with Crippen LogP contribution in [0, 0.1) is 5.92 Å². The van der Waals surface area contributed by atoms with Gasteiger partial charge in [-0.05, 0) is 43.6 Å². The van der Waals surface area contributed by atoms with Crippen LogP contribution in [0.25, 0.3) is 11.2 Å². The van der Waals surface area contributed by atoms with Crippen molar-refractivity contribution in [3.63, 3.8) is 0 Å². The Morgan fingerprint density at radius 3 is 2.64 bits per heavy atom. The summed E-state index contributed by atoms with van der Waals surface area (Å²) in [5.74, 6) is 1.13. The maximum Gasteiger partial charge on any atom is 0.330 e. The van der Waals surface area contributed by atoms with Gasteiger partial charge in [0.2, 0.25) is 5.91 Å². The van der Waals surface area contributed by atoms with Gasteiger partial charge in [-0.25, -0.2) is 9.78 Å². The van der Waals surface area contributed by atoms with E-state index in [1.807, 2.05) is 15.5 Å². The molecule has 0 aliphatic carbocycles. The number of H-pyrrole nitrogens is 1. The number of carbonyl (C=O) groups is 1. The Bertz CT molecular complexity index is 1290. The Labute approximate surface area is 212 Å². The number of aromatic amines is 1. The second kappa shape index (κ2) is 11.7. The van der Waals surface area contributed by atoms with Crippen molar-refractivity contribution < 1.29 is 4.79 Å².